The topological polar surface area (TPSA) is 23.8 Å². The second-order valence-electron chi connectivity index (χ2n) is 8.56. The van der Waals surface area contributed by atoms with Crippen LogP contribution >= 0.6 is 23.5 Å². The molecule has 3 heteroatoms. The number of hydrogen-bond donors (Lipinski definition) is 0. The Hall–Kier alpha value is -0.590. The molecule has 0 N–H and O–H groups in total. The second-order valence-corrected chi connectivity index (χ2v) is 11.1. The number of nitrogens with zero attached hydrogens (tertiary/aromatic N) is 1. The van der Waals surface area contributed by atoms with E-state index in [1.807, 2.05) is 0 Å². The number of nitriles is 1. The van der Waals surface area contributed by atoms with Crippen molar-refractivity contribution in [3.05, 3.63) is 35.4 Å². The van der Waals surface area contributed by atoms with Crippen LogP contribution in [0.15, 0.2) is 24.3 Å². The van der Waals surface area contributed by atoms with Gasteiger partial charge in [0.05, 0.1) is 16.1 Å². The summed E-state index contributed by atoms with van der Waals surface area (Å²) >= 11 is 4.26. The molecule has 0 spiro atoms. The van der Waals surface area contributed by atoms with Gasteiger partial charge in [-0.05, 0) is 66.6 Å². The first-order chi connectivity index (χ1) is 13.2. The molecule has 2 fully saturated rings. The molecule has 1 aliphatic carbocycles. The largest absolute Gasteiger partial charge is 0.198 e. The molecule has 148 valence electrons. The Balaban J connectivity index is 1.53. The maximum absolute atomic E-state index is 9.76. The van der Waals surface area contributed by atoms with Crippen molar-refractivity contribution in [3.63, 3.8) is 0 Å². The van der Waals surface area contributed by atoms with Crippen molar-refractivity contribution in [3.8, 4) is 6.07 Å². The summed E-state index contributed by atoms with van der Waals surface area (Å²) in [6.07, 6.45) is 10.7. The Kier molecular flexibility index (Phi) is 8.03. The van der Waals surface area contributed by atoms with Crippen LogP contribution in [0.2, 0.25) is 0 Å². The predicted molar refractivity (Wildman–Crippen MR) is 121 cm³/mol. The number of hydrogen-bond acceptors (Lipinski definition) is 3. The van der Waals surface area contributed by atoms with E-state index in [0.717, 1.165) is 25.2 Å². The highest BCUT2D eigenvalue weighted by Crippen LogP contribution is 2.48. The fourth-order valence-corrected chi connectivity index (χ4v) is 7.84. The zero-order valence-corrected chi connectivity index (χ0v) is 18.7. The standard InChI is InChI=1S/C24H35NS2/c1-3-5-6-13-24(18-25)14-11-21(12-15-24)20-7-9-22(10-8-20)23-26-16-19(4-2)17-27-23/h7-10,19,21,23H,3-6,11-17H2,1-2H3. The minimum atomic E-state index is -0.0309. The molecule has 0 radical (unpaired) electrons. The minimum absolute atomic E-state index is 0.0309. The molecule has 1 saturated heterocycles. The summed E-state index contributed by atoms with van der Waals surface area (Å²) < 4.78 is 0.623. The SMILES string of the molecule is CCCCCC1(C#N)CCC(c2ccc(C3SCC(CC)CS3)cc2)CC1. The third-order valence-corrected chi connectivity index (χ3v) is 9.96. The van der Waals surface area contributed by atoms with Gasteiger partial charge in [-0.3, -0.25) is 0 Å². The van der Waals surface area contributed by atoms with Crippen LogP contribution < -0.4 is 0 Å². The summed E-state index contributed by atoms with van der Waals surface area (Å²) in [5.41, 5.74) is 2.96. The van der Waals surface area contributed by atoms with Crippen molar-refractivity contribution >= 4 is 23.5 Å². The summed E-state index contributed by atoms with van der Waals surface area (Å²) in [6, 6.07) is 12.2. The fraction of sp³-hybridized carbons (Fsp3) is 0.708. The van der Waals surface area contributed by atoms with Gasteiger partial charge in [-0.2, -0.15) is 5.26 Å². The molecule has 1 nitrogen and oxygen atoms in total. The van der Waals surface area contributed by atoms with Gasteiger partial charge in [-0.25, -0.2) is 0 Å². The molecular weight excluding hydrogens is 366 g/mol. The normalized spacial score (nSPS) is 31.4. The zero-order valence-electron chi connectivity index (χ0n) is 17.1. The van der Waals surface area contributed by atoms with Gasteiger partial charge < -0.3 is 0 Å². The van der Waals surface area contributed by atoms with Crippen LogP contribution in [-0.4, -0.2) is 11.5 Å². The summed E-state index contributed by atoms with van der Waals surface area (Å²) in [5.74, 6) is 4.18. The van der Waals surface area contributed by atoms with Crippen molar-refractivity contribution in [2.45, 2.75) is 82.1 Å². The maximum Gasteiger partial charge on any atom is 0.0751 e. The van der Waals surface area contributed by atoms with E-state index in [2.05, 4.69) is 67.7 Å². The molecule has 1 heterocycles. The van der Waals surface area contributed by atoms with E-state index in [9.17, 15) is 5.26 Å². The summed E-state index contributed by atoms with van der Waals surface area (Å²) in [6.45, 7) is 4.56. The highest BCUT2D eigenvalue weighted by atomic mass is 32.2. The van der Waals surface area contributed by atoms with Crippen LogP contribution in [0.4, 0.5) is 0 Å². The monoisotopic (exact) mass is 401 g/mol. The molecule has 0 aromatic heterocycles. The molecular formula is C24H35NS2. The first kappa shape index (κ1) is 21.1. The van der Waals surface area contributed by atoms with Crippen LogP contribution in [-0.2, 0) is 0 Å². The Morgan fingerprint density at radius 3 is 2.19 bits per heavy atom. The number of benzene rings is 1. The molecule has 0 unspecified atom stereocenters. The van der Waals surface area contributed by atoms with E-state index >= 15 is 0 Å². The predicted octanol–water partition coefficient (Wildman–Crippen LogP) is 7.94. The lowest BCUT2D eigenvalue weighted by Crippen LogP contribution is -2.25. The van der Waals surface area contributed by atoms with E-state index in [-0.39, 0.29) is 5.41 Å². The maximum atomic E-state index is 9.76. The quantitative estimate of drug-likeness (QED) is 0.433. The van der Waals surface area contributed by atoms with E-state index in [1.54, 1.807) is 0 Å². The van der Waals surface area contributed by atoms with E-state index < -0.39 is 0 Å². The van der Waals surface area contributed by atoms with Crippen molar-refractivity contribution in [1.82, 2.24) is 0 Å². The van der Waals surface area contributed by atoms with E-state index in [4.69, 9.17) is 0 Å². The molecule has 0 amide bonds. The van der Waals surface area contributed by atoms with Crippen LogP contribution in [0.25, 0.3) is 0 Å². The van der Waals surface area contributed by atoms with Gasteiger partial charge in [0.25, 0.3) is 0 Å². The third kappa shape index (κ3) is 5.48. The van der Waals surface area contributed by atoms with Gasteiger partial charge in [0.15, 0.2) is 0 Å². The van der Waals surface area contributed by atoms with E-state index in [0.29, 0.717) is 10.5 Å². The number of rotatable bonds is 7. The fourth-order valence-electron chi connectivity index (χ4n) is 4.53. The Bertz CT molecular complexity index is 602. The van der Waals surface area contributed by atoms with Crippen LogP contribution in [0, 0.1) is 22.7 Å². The van der Waals surface area contributed by atoms with Gasteiger partial charge in [0, 0.05) is 0 Å². The zero-order chi connectivity index (χ0) is 19.1. The Morgan fingerprint density at radius 2 is 1.63 bits per heavy atom. The Morgan fingerprint density at radius 1 is 1.00 bits per heavy atom. The van der Waals surface area contributed by atoms with Gasteiger partial charge in [-0.15, -0.1) is 23.5 Å². The molecule has 1 aliphatic heterocycles. The first-order valence-electron chi connectivity index (χ1n) is 10.9. The van der Waals surface area contributed by atoms with E-state index in [1.165, 1.54) is 61.2 Å². The molecule has 3 rings (SSSR count). The van der Waals surface area contributed by atoms with Gasteiger partial charge in [0.1, 0.15) is 0 Å². The first-order valence-corrected chi connectivity index (χ1v) is 13.0. The average Bonchev–Trinajstić information content (AvgIpc) is 2.75. The van der Waals surface area contributed by atoms with Crippen LogP contribution in [0.3, 0.4) is 0 Å². The van der Waals surface area contributed by atoms with Crippen molar-refractivity contribution in [2.24, 2.45) is 11.3 Å². The highest BCUT2D eigenvalue weighted by Gasteiger charge is 2.35. The molecule has 0 bridgehead atoms. The van der Waals surface area contributed by atoms with Gasteiger partial charge >= 0.3 is 0 Å². The summed E-state index contributed by atoms with van der Waals surface area (Å²) in [7, 11) is 0. The lowest BCUT2D eigenvalue weighted by Gasteiger charge is -2.35. The molecule has 2 aliphatic rings. The van der Waals surface area contributed by atoms with Crippen LogP contribution in [0.5, 0.6) is 0 Å². The molecule has 0 atom stereocenters. The lowest BCUT2D eigenvalue weighted by molar-refractivity contribution is 0.223. The average molecular weight is 402 g/mol. The Labute approximate surface area is 175 Å². The van der Waals surface area contributed by atoms with Crippen molar-refractivity contribution in [1.29, 1.82) is 5.26 Å². The number of thioether (sulfide) groups is 2. The molecule has 1 aromatic carbocycles. The lowest BCUT2D eigenvalue weighted by atomic mass is 9.67. The summed E-state index contributed by atoms with van der Waals surface area (Å²) in [4.78, 5) is 0. The number of unbranched alkanes of at least 4 members (excludes halogenated alkanes) is 2. The molecule has 1 aromatic rings. The van der Waals surface area contributed by atoms with Crippen molar-refractivity contribution in [2.75, 3.05) is 11.5 Å². The van der Waals surface area contributed by atoms with Crippen LogP contribution in [0.1, 0.15) is 93.3 Å². The highest BCUT2D eigenvalue weighted by molar-refractivity contribution is 8.16. The van der Waals surface area contributed by atoms with Gasteiger partial charge in [0.2, 0.25) is 0 Å². The smallest absolute Gasteiger partial charge is 0.0751 e. The molecule has 27 heavy (non-hydrogen) atoms. The molecule has 1 saturated carbocycles. The van der Waals surface area contributed by atoms with Crippen molar-refractivity contribution < 1.29 is 0 Å². The third-order valence-electron chi connectivity index (χ3n) is 6.66. The summed E-state index contributed by atoms with van der Waals surface area (Å²) in [5, 5.41) is 9.76. The second kappa shape index (κ2) is 10.3. The van der Waals surface area contributed by atoms with Gasteiger partial charge in [-0.1, -0.05) is 63.8 Å². The minimum Gasteiger partial charge on any atom is -0.198 e.